The summed E-state index contributed by atoms with van der Waals surface area (Å²) in [5.74, 6) is 0. The number of halogens is 2. The molecular weight excluding hydrogens is 336 g/mol. The van der Waals surface area contributed by atoms with Crippen LogP contribution >= 0.6 is 39.7 Å². The first-order valence-electron chi connectivity index (χ1n) is 5.71. The standard InChI is InChI=1S/C12H16BrClN2OS/c1-2-17-7-3-6-15-12(18)16-9-4-5-10(13)11(14)8-9/h4-5,8H,2-3,6-7H2,1H3,(H2,15,16,18). The third kappa shape index (κ3) is 6.00. The molecule has 0 aliphatic carbocycles. The predicted molar refractivity (Wildman–Crippen MR) is 84.5 cm³/mol. The highest BCUT2D eigenvalue weighted by molar-refractivity contribution is 9.10. The maximum atomic E-state index is 5.99. The summed E-state index contributed by atoms with van der Waals surface area (Å²) in [6, 6.07) is 5.60. The van der Waals surface area contributed by atoms with Gasteiger partial charge >= 0.3 is 0 Å². The Morgan fingerprint density at radius 1 is 1.50 bits per heavy atom. The van der Waals surface area contributed by atoms with Crippen LogP contribution in [0.15, 0.2) is 22.7 Å². The lowest BCUT2D eigenvalue weighted by molar-refractivity contribution is 0.146. The Balaban J connectivity index is 2.29. The number of benzene rings is 1. The number of hydrogen-bond donors (Lipinski definition) is 2. The second-order valence-electron chi connectivity index (χ2n) is 3.56. The molecule has 1 aromatic carbocycles. The van der Waals surface area contributed by atoms with Gasteiger partial charge in [0.15, 0.2) is 5.11 Å². The quantitative estimate of drug-likeness (QED) is 0.603. The highest BCUT2D eigenvalue weighted by Crippen LogP contribution is 2.25. The van der Waals surface area contributed by atoms with Gasteiger partial charge in [0.05, 0.1) is 5.02 Å². The van der Waals surface area contributed by atoms with Crippen LogP contribution < -0.4 is 10.6 Å². The Bertz CT molecular complexity index is 404. The molecule has 0 saturated carbocycles. The second-order valence-corrected chi connectivity index (χ2v) is 5.23. The van der Waals surface area contributed by atoms with E-state index in [1.165, 1.54) is 0 Å². The molecule has 0 aliphatic rings. The molecule has 1 rings (SSSR count). The van der Waals surface area contributed by atoms with Gasteiger partial charge < -0.3 is 15.4 Å². The molecule has 1 aromatic rings. The summed E-state index contributed by atoms with van der Waals surface area (Å²) in [6.45, 7) is 4.27. The fraction of sp³-hybridized carbons (Fsp3) is 0.417. The van der Waals surface area contributed by atoms with Crippen molar-refractivity contribution in [2.24, 2.45) is 0 Å². The fourth-order valence-electron chi connectivity index (χ4n) is 1.27. The van der Waals surface area contributed by atoms with Crippen LogP contribution in [0.2, 0.25) is 5.02 Å². The zero-order chi connectivity index (χ0) is 13.4. The van der Waals surface area contributed by atoms with E-state index in [0.29, 0.717) is 10.1 Å². The first-order chi connectivity index (χ1) is 8.63. The number of anilines is 1. The molecule has 0 saturated heterocycles. The van der Waals surface area contributed by atoms with Crippen LogP contribution in [-0.4, -0.2) is 24.9 Å². The second kappa shape index (κ2) is 8.69. The van der Waals surface area contributed by atoms with E-state index < -0.39 is 0 Å². The molecule has 0 radical (unpaired) electrons. The predicted octanol–water partition coefficient (Wildman–Crippen LogP) is 3.82. The average molecular weight is 352 g/mol. The SMILES string of the molecule is CCOCCCNC(=S)Nc1ccc(Br)c(Cl)c1. The van der Waals surface area contributed by atoms with Crippen molar-refractivity contribution in [2.75, 3.05) is 25.1 Å². The number of hydrogen-bond acceptors (Lipinski definition) is 2. The van der Waals surface area contributed by atoms with Crippen molar-refractivity contribution >= 4 is 50.5 Å². The Morgan fingerprint density at radius 2 is 2.28 bits per heavy atom. The Labute approximate surface area is 126 Å². The van der Waals surface area contributed by atoms with Crippen LogP contribution in [0, 0.1) is 0 Å². The van der Waals surface area contributed by atoms with Crippen molar-refractivity contribution in [3.05, 3.63) is 27.7 Å². The van der Waals surface area contributed by atoms with E-state index in [0.717, 1.165) is 36.3 Å². The molecule has 0 aliphatic heterocycles. The average Bonchev–Trinajstić information content (AvgIpc) is 2.34. The molecule has 0 unspecified atom stereocenters. The lowest BCUT2D eigenvalue weighted by atomic mass is 10.3. The number of rotatable bonds is 6. The Kier molecular flexibility index (Phi) is 7.58. The summed E-state index contributed by atoms with van der Waals surface area (Å²) in [5.41, 5.74) is 0.866. The third-order valence-corrected chi connectivity index (χ3v) is 3.61. The lowest BCUT2D eigenvalue weighted by Gasteiger charge is -2.11. The van der Waals surface area contributed by atoms with Crippen LogP contribution in [0.3, 0.4) is 0 Å². The van der Waals surface area contributed by atoms with Gasteiger partial charge in [-0.15, -0.1) is 0 Å². The Morgan fingerprint density at radius 3 is 2.94 bits per heavy atom. The summed E-state index contributed by atoms with van der Waals surface area (Å²) < 4.78 is 6.10. The van der Waals surface area contributed by atoms with Crippen molar-refractivity contribution in [3.8, 4) is 0 Å². The number of nitrogens with one attached hydrogen (secondary N) is 2. The molecule has 0 bridgehead atoms. The van der Waals surface area contributed by atoms with Crippen molar-refractivity contribution in [3.63, 3.8) is 0 Å². The van der Waals surface area contributed by atoms with E-state index in [2.05, 4.69) is 26.6 Å². The molecule has 18 heavy (non-hydrogen) atoms. The van der Waals surface area contributed by atoms with Crippen molar-refractivity contribution in [1.29, 1.82) is 0 Å². The summed E-state index contributed by atoms with van der Waals surface area (Å²) in [4.78, 5) is 0. The first kappa shape index (κ1) is 15.7. The van der Waals surface area contributed by atoms with Gasteiger partial charge in [-0.3, -0.25) is 0 Å². The zero-order valence-electron chi connectivity index (χ0n) is 10.1. The highest BCUT2D eigenvalue weighted by atomic mass is 79.9. The largest absolute Gasteiger partial charge is 0.382 e. The Hall–Kier alpha value is -0.360. The minimum absolute atomic E-state index is 0.588. The minimum Gasteiger partial charge on any atom is -0.382 e. The van der Waals surface area contributed by atoms with Crippen molar-refractivity contribution in [2.45, 2.75) is 13.3 Å². The maximum Gasteiger partial charge on any atom is 0.170 e. The number of ether oxygens (including phenoxy) is 1. The molecule has 0 spiro atoms. The minimum atomic E-state index is 0.588. The van der Waals surface area contributed by atoms with Crippen LogP contribution in [0.4, 0.5) is 5.69 Å². The molecule has 0 aromatic heterocycles. The van der Waals surface area contributed by atoms with Gasteiger partial charge in [0.1, 0.15) is 0 Å². The van der Waals surface area contributed by atoms with Crippen molar-refractivity contribution < 1.29 is 4.74 Å². The molecule has 0 fully saturated rings. The number of thiocarbonyl (C=S) groups is 1. The molecule has 0 heterocycles. The summed E-state index contributed by atoms with van der Waals surface area (Å²) >= 11 is 14.5. The molecular formula is C12H16BrClN2OS. The van der Waals surface area contributed by atoms with E-state index in [9.17, 15) is 0 Å². The van der Waals surface area contributed by atoms with Gasteiger partial charge in [-0.05, 0) is 59.7 Å². The lowest BCUT2D eigenvalue weighted by Crippen LogP contribution is -2.29. The van der Waals surface area contributed by atoms with E-state index in [4.69, 9.17) is 28.6 Å². The van der Waals surface area contributed by atoms with Crippen LogP contribution in [0.1, 0.15) is 13.3 Å². The molecule has 6 heteroatoms. The summed E-state index contributed by atoms with van der Waals surface area (Å²) in [7, 11) is 0. The van der Waals surface area contributed by atoms with Gasteiger partial charge in [0.25, 0.3) is 0 Å². The van der Waals surface area contributed by atoms with E-state index in [1.807, 2.05) is 25.1 Å². The summed E-state index contributed by atoms with van der Waals surface area (Å²) in [5, 5.41) is 7.42. The third-order valence-electron chi connectivity index (χ3n) is 2.13. The topological polar surface area (TPSA) is 33.3 Å². The van der Waals surface area contributed by atoms with E-state index >= 15 is 0 Å². The summed E-state index contributed by atoms with van der Waals surface area (Å²) in [6.07, 6.45) is 0.927. The fourth-order valence-corrected chi connectivity index (χ4v) is 1.92. The van der Waals surface area contributed by atoms with Gasteiger partial charge in [-0.2, -0.15) is 0 Å². The highest BCUT2D eigenvalue weighted by Gasteiger charge is 2.01. The van der Waals surface area contributed by atoms with Crippen LogP contribution in [0.25, 0.3) is 0 Å². The monoisotopic (exact) mass is 350 g/mol. The molecule has 2 N–H and O–H groups in total. The van der Waals surface area contributed by atoms with Gasteiger partial charge in [-0.1, -0.05) is 11.6 Å². The van der Waals surface area contributed by atoms with Gasteiger partial charge in [0, 0.05) is 29.9 Å². The molecule has 3 nitrogen and oxygen atoms in total. The molecule has 0 amide bonds. The van der Waals surface area contributed by atoms with Crippen LogP contribution in [0.5, 0.6) is 0 Å². The smallest absolute Gasteiger partial charge is 0.170 e. The van der Waals surface area contributed by atoms with Gasteiger partial charge in [0.2, 0.25) is 0 Å². The zero-order valence-corrected chi connectivity index (χ0v) is 13.3. The maximum absolute atomic E-state index is 5.99. The molecule has 100 valence electrons. The first-order valence-corrected chi connectivity index (χ1v) is 7.29. The van der Waals surface area contributed by atoms with E-state index in [-0.39, 0.29) is 0 Å². The van der Waals surface area contributed by atoms with Crippen LogP contribution in [-0.2, 0) is 4.74 Å². The van der Waals surface area contributed by atoms with Crippen molar-refractivity contribution in [1.82, 2.24) is 5.32 Å². The van der Waals surface area contributed by atoms with E-state index in [1.54, 1.807) is 0 Å². The van der Waals surface area contributed by atoms with Gasteiger partial charge in [-0.25, -0.2) is 0 Å². The molecule has 0 atom stereocenters. The normalized spacial score (nSPS) is 10.2.